The molecule has 256 valence electrons. The first-order valence-electron chi connectivity index (χ1n) is 16.8. The van der Waals surface area contributed by atoms with Gasteiger partial charge in [-0.3, -0.25) is 29.3 Å². The first-order valence-corrected chi connectivity index (χ1v) is 16.8. The van der Waals surface area contributed by atoms with E-state index in [1.54, 1.807) is 33.3 Å². The highest BCUT2D eigenvalue weighted by molar-refractivity contribution is 6.24. The van der Waals surface area contributed by atoms with E-state index in [0.29, 0.717) is 59.0 Å². The van der Waals surface area contributed by atoms with Gasteiger partial charge in [-0.25, -0.2) is 0 Å². The number of aryl methyl sites for hydroxylation is 2. The van der Waals surface area contributed by atoms with Gasteiger partial charge in [0.1, 0.15) is 0 Å². The van der Waals surface area contributed by atoms with Crippen molar-refractivity contribution in [3.8, 4) is 11.5 Å². The Bertz CT molecular complexity index is 1810. The van der Waals surface area contributed by atoms with E-state index in [9.17, 15) is 14.4 Å². The van der Waals surface area contributed by atoms with Crippen molar-refractivity contribution in [1.82, 2.24) is 25.3 Å². The molecule has 1 aromatic heterocycles. The summed E-state index contributed by atoms with van der Waals surface area (Å²) in [4.78, 5) is 47.5. The summed E-state index contributed by atoms with van der Waals surface area (Å²) < 4.78 is 11.1. The van der Waals surface area contributed by atoms with Crippen LogP contribution in [0.15, 0.2) is 66.7 Å². The number of nitrogens with one attached hydrogen (secondary N) is 2. The fraction of sp³-hybridized carbons (Fsp3) is 0.368. The number of imide groups is 1. The molecule has 49 heavy (non-hydrogen) atoms. The van der Waals surface area contributed by atoms with Crippen LogP contribution in [0.1, 0.15) is 85.4 Å². The first kappa shape index (κ1) is 33.7. The van der Waals surface area contributed by atoms with Crippen molar-refractivity contribution < 1.29 is 23.9 Å². The molecule has 1 saturated heterocycles. The molecule has 0 saturated carbocycles. The molecule has 2 aliphatic rings. The Labute approximate surface area is 287 Å². The maximum Gasteiger partial charge on any atom is 0.264 e. The van der Waals surface area contributed by atoms with Crippen LogP contribution in [0.5, 0.6) is 11.5 Å². The lowest BCUT2D eigenvalue weighted by Crippen LogP contribution is -2.47. The van der Waals surface area contributed by atoms with Crippen LogP contribution in [0.4, 0.5) is 5.69 Å². The molecule has 0 bridgehead atoms. The third-order valence-corrected chi connectivity index (χ3v) is 9.81. The number of fused-ring (bicyclic) bond motifs is 1. The number of aromatic nitrogens is 2. The zero-order valence-electron chi connectivity index (χ0n) is 28.8. The summed E-state index contributed by atoms with van der Waals surface area (Å²) in [5.74, 6) is 0.198. The van der Waals surface area contributed by atoms with E-state index < -0.39 is 6.04 Å². The minimum absolute atomic E-state index is 0.213. The number of H-pyrrole nitrogens is 1. The van der Waals surface area contributed by atoms with Crippen molar-refractivity contribution in [2.45, 2.75) is 45.7 Å². The first-order chi connectivity index (χ1) is 23.7. The number of piperazine rings is 1. The van der Waals surface area contributed by atoms with Gasteiger partial charge in [-0.1, -0.05) is 42.5 Å². The molecule has 3 amide bonds. The minimum Gasteiger partial charge on any atom is -0.493 e. The van der Waals surface area contributed by atoms with E-state index in [1.807, 2.05) is 37.3 Å². The summed E-state index contributed by atoms with van der Waals surface area (Å²) in [5, 5.41) is 9.94. The van der Waals surface area contributed by atoms with Crippen LogP contribution in [0, 0.1) is 13.8 Å². The lowest BCUT2D eigenvalue weighted by Gasteiger charge is -2.39. The standard InChI is InChI=1S/C38H44N6O5/c1-24-34(25(2)41-40-24)36(45)39-18-10-15-30(28-16-17-32(48-4)33(23-28)49-5)44-37(46)29-13-9-14-31(35(29)38(44)47)43-21-19-42(20-22-43)26(3)27-11-7-6-8-12-27/h6-9,11-14,16-17,23,26,30H,10,15,18-22H2,1-5H3,(H,39,45)(H,40,41)/t26?,30-/m1/s1. The number of hydrogen-bond acceptors (Lipinski definition) is 8. The zero-order valence-corrected chi connectivity index (χ0v) is 28.8. The van der Waals surface area contributed by atoms with Crippen molar-refractivity contribution in [1.29, 1.82) is 0 Å². The van der Waals surface area contributed by atoms with Crippen molar-refractivity contribution in [3.63, 3.8) is 0 Å². The van der Waals surface area contributed by atoms with Gasteiger partial charge in [0.05, 0.1) is 48.3 Å². The van der Waals surface area contributed by atoms with Gasteiger partial charge in [-0.05, 0) is 69.0 Å². The Kier molecular flexibility index (Phi) is 10.0. The molecule has 0 radical (unpaired) electrons. The zero-order chi connectivity index (χ0) is 34.7. The van der Waals surface area contributed by atoms with E-state index in [0.717, 1.165) is 37.4 Å². The predicted octanol–water partition coefficient (Wildman–Crippen LogP) is 5.47. The van der Waals surface area contributed by atoms with Crippen LogP contribution in [-0.4, -0.2) is 84.7 Å². The summed E-state index contributed by atoms with van der Waals surface area (Å²) in [6.07, 6.45) is 0.943. The van der Waals surface area contributed by atoms with Gasteiger partial charge in [0.25, 0.3) is 17.7 Å². The number of carbonyl (C=O) groups excluding carboxylic acids is 3. The van der Waals surface area contributed by atoms with Gasteiger partial charge >= 0.3 is 0 Å². The minimum atomic E-state index is -0.599. The Hall–Kier alpha value is -5.16. The maximum atomic E-state index is 14.4. The Morgan fingerprint density at radius 2 is 1.63 bits per heavy atom. The fourth-order valence-corrected chi connectivity index (χ4v) is 7.10. The lowest BCUT2D eigenvalue weighted by molar-refractivity contribution is 0.0570. The van der Waals surface area contributed by atoms with E-state index in [4.69, 9.17) is 9.47 Å². The number of rotatable bonds is 12. The molecule has 4 aromatic rings. The van der Waals surface area contributed by atoms with Crippen LogP contribution in [0.25, 0.3) is 0 Å². The summed E-state index contributed by atoms with van der Waals surface area (Å²) in [5.41, 5.74) is 5.52. The molecule has 0 spiro atoms. The van der Waals surface area contributed by atoms with Crippen LogP contribution in [0.3, 0.4) is 0 Å². The highest BCUT2D eigenvalue weighted by atomic mass is 16.5. The quantitative estimate of drug-likeness (QED) is 0.151. The Balaban J connectivity index is 1.23. The summed E-state index contributed by atoms with van der Waals surface area (Å²) >= 11 is 0. The van der Waals surface area contributed by atoms with E-state index in [2.05, 4.69) is 56.5 Å². The molecule has 1 fully saturated rings. The number of hydrogen-bond donors (Lipinski definition) is 2. The molecule has 2 N–H and O–H groups in total. The summed E-state index contributed by atoms with van der Waals surface area (Å²) in [7, 11) is 3.12. The highest BCUT2D eigenvalue weighted by Crippen LogP contribution is 2.40. The molecular formula is C38H44N6O5. The predicted molar refractivity (Wildman–Crippen MR) is 188 cm³/mol. The number of benzene rings is 3. The third-order valence-electron chi connectivity index (χ3n) is 9.81. The van der Waals surface area contributed by atoms with Crippen molar-refractivity contribution in [2.24, 2.45) is 0 Å². The molecule has 2 atom stereocenters. The fourth-order valence-electron chi connectivity index (χ4n) is 7.10. The molecule has 2 aliphatic heterocycles. The molecule has 11 nitrogen and oxygen atoms in total. The molecule has 0 aliphatic carbocycles. The van der Waals surface area contributed by atoms with E-state index in [1.165, 1.54) is 10.5 Å². The number of methoxy groups -OCH3 is 2. The molecule has 6 rings (SSSR count). The number of carbonyl (C=O) groups is 3. The second-order valence-electron chi connectivity index (χ2n) is 12.6. The van der Waals surface area contributed by atoms with Gasteiger partial charge in [0, 0.05) is 44.5 Å². The van der Waals surface area contributed by atoms with Gasteiger partial charge in [-0.15, -0.1) is 0 Å². The summed E-state index contributed by atoms with van der Waals surface area (Å²) in [6.45, 7) is 9.33. The average molecular weight is 665 g/mol. The Morgan fingerprint density at radius 1 is 0.898 bits per heavy atom. The SMILES string of the molecule is COc1ccc([C@@H](CCCNC(=O)c2c(C)n[nH]c2C)N2C(=O)c3cccc(N4CCN(C(C)c5ccccc5)CC4)c3C2=O)cc1OC. The third kappa shape index (κ3) is 6.63. The largest absolute Gasteiger partial charge is 0.493 e. The number of anilines is 1. The number of amides is 3. The van der Waals surface area contributed by atoms with E-state index in [-0.39, 0.29) is 23.8 Å². The second-order valence-corrected chi connectivity index (χ2v) is 12.6. The van der Waals surface area contributed by atoms with Crippen LogP contribution in [-0.2, 0) is 0 Å². The second kappa shape index (κ2) is 14.5. The van der Waals surface area contributed by atoms with E-state index >= 15 is 0 Å². The van der Waals surface area contributed by atoms with Crippen molar-refractivity contribution >= 4 is 23.4 Å². The van der Waals surface area contributed by atoms with Gasteiger partial charge in [-0.2, -0.15) is 5.10 Å². The monoisotopic (exact) mass is 664 g/mol. The molecule has 3 heterocycles. The number of ether oxygens (including phenoxy) is 2. The smallest absolute Gasteiger partial charge is 0.264 e. The average Bonchev–Trinajstić information content (AvgIpc) is 3.61. The normalized spacial score (nSPS) is 16.0. The molecule has 11 heteroatoms. The van der Waals surface area contributed by atoms with Crippen molar-refractivity contribution in [3.05, 3.63) is 106 Å². The number of aromatic amines is 1. The summed E-state index contributed by atoms with van der Waals surface area (Å²) in [6, 6.07) is 21.2. The Morgan fingerprint density at radius 3 is 2.31 bits per heavy atom. The van der Waals surface area contributed by atoms with Gasteiger partial charge < -0.3 is 19.7 Å². The van der Waals surface area contributed by atoms with Crippen LogP contribution in [0.2, 0.25) is 0 Å². The van der Waals surface area contributed by atoms with Gasteiger partial charge in [0.2, 0.25) is 0 Å². The number of nitrogens with zero attached hydrogens (tertiary/aromatic N) is 4. The highest BCUT2D eigenvalue weighted by Gasteiger charge is 2.43. The molecule has 1 unspecified atom stereocenters. The lowest BCUT2D eigenvalue weighted by atomic mass is 9.99. The molecular weight excluding hydrogens is 620 g/mol. The van der Waals surface area contributed by atoms with Gasteiger partial charge in [0.15, 0.2) is 11.5 Å². The topological polar surface area (TPSA) is 120 Å². The van der Waals surface area contributed by atoms with Crippen molar-refractivity contribution in [2.75, 3.05) is 51.8 Å². The van der Waals surface area contributed by atoms with Crippen LogP contribution < -0.4 is 19.7 Å². The van der Waals surface area contributed by atoms with Crippen LogP contribution >= 0.6 is 0 Å². The molecule has 3 aromatic carbocycles. The maximum absolute atomic E-state index is 14.4.